The Bertz CT molecular complexity index is 698. The van der Waals surface area contributed by atoms with Crippen LogP contribution in [0.1, 0.15) is 6.42 Å². The monoisotopic (exact) mass is 370 g/mol. The lowest BCUT2D eigenvalue weighted by Crippen LogP contribution is -2.53. The summed E-state index contributed by atoms with van der Waals surface area (Å²) >= 11 is 7.18. The molecule has 7 nitrogen and oxygen atoms in total. The van der Waals surface area contributed by atoms with Crippen LogP contribution in [0.25, 0.3) is 0 Å². The van der Waals surface area contributed by atoms with Gasteiger partial charge in [-0.25, -0.2) is 4.79 Å². The van der Waals surface area contributed by atoms with E-state index in [-0.39, 0.29) is 31.4 Å². The number of fused-ring (bicyclic) bond motifs is 1. The zero-order valence-corrected chi connectivity index (χ0v) is 14.1. The number of aliphatic carboxylic acids is 1. The van der Waals surface area contributed by atoms with E-state index in [0.29, 0.717) is 17.3 Å². The van der Waals surface area contributed by atoms with Gasteiger partial charge >= 0.3 is 5.97 Å². The van der Waals surface area contributed by atoms with Crippen molar-refractivity contribution >= 4 is 46.8 Å². The first-order valence-corrected chi connectivity index (χ1v) is 8.58. The Balaban J connectivity index is 1.71. The minimum Gasteiger partial charge on any atom is -0.480 e. The van der Waals surface area contributed by atoms with E-state index < -0.39 is 17.3 Å². The van der Waals surface area contributed by atoms with Crippen LogP contribution in [-0.2, 0) is 19.1 Å². The highest BCUT2D eigenvalue weighted by molar-refractivity contribution is 8.01. The molecule has 2 N–H and O–H groups in total. The molecule has 2 unspecified atom stereocenters. The normalized spacial score (nSPS) is 23.4. The third-order valence-corrected chi connectivity index (χ3v) is 5.37. The Morgan fingerprint density at radius 2 is 2.25 bits per heavy atom. The van der Waals surface area contributed by atoms with Gasteiger partial charge < -0.3 is 20.1 Å². The minimum absolute atomic E-state index is 0.0353. The van der Waals surface area contributed by atoms with E-state index in [0.717, 1.165) is 4.90 Å². The molecule has 2 aliphatic heterocycles. The van der Waals surface area contributed by atoms with Crippen molar-refractivity contribution in [1.82, 2.24) is 4.90 Å². The molecule has 2 atom stereocenters. The lowest BCUT2D eigenvalue weighted by atomic mass is 10.1. The summed E-state index contributed by atoms with van der Waals surface area (Å²) < 4.78 is 5.12. The predicted octanol–water partition coefficient (Wildman–Crippen LogP) is 1.45. The van der Waals surface area contributed by atoms with Gasteiger partial charge in [0.25, 0.3) is 0 Å². The number of halogens is 1. The van der Waals surface area contributed by atoms with E-state index in [1.165, 1.54) is 16.7 Å². The summed E-state index contributed by atoms with van der Waals surface area (Å²) in [6.07, 6.45) is -0.0671. The topological polar surface area (TPSA) is 95.9 Å². The van der Waals surface area contributed by atoms with Crippen molar-refractivity contribution in [3.63, 3.8) is 0 Å². The molecule has 3 rings (SSSR count). The van der Waals surface area contributed by atoms with Gasteiger partial charge in [0, 0.05) is 22.9 Å². The first-order valence-electron chi connectivity index (χ1n) is 7.33. The number of nitrogens with zero attached hydrogens (tertiary/aromatic N) is 1. The summed E-state index contributed by atoms with van der Waals surface area (Å²) in [5, 5.41) is 11.8. The van der Waals surface area contributed by atoms with Crippen LogP contribution in [0.3, 0.4) is 0 Å². The number of carboxylic acid groups (broad SMARTS) is 1. The first-order chi connectivity index (χ1) is 11.5. The van der Waals surface area contributed by atoms with E-state index in [9.17, 15) is 19.5 Å². The Morgan fingerprint density at radius 1 is 1.46 bits per heavy atom. The Labute approximate surface area is 147 Å². The second kappa shape index (κ2) is 7.00. The van der Waals surface area contributed by atoms with Crippen LogP contribution in [0.5, 0.6) is 0 Å². The number of benzene rings is 1. The average molecular weight is 371 g/mol. The third-order valence-electron chi connectivity index (χ3n) is 3.86. The number of ether oxygens (including phenoxy) is 1. The van der Waals surface area contributed by atoms with Crippen LogP contribution in [0, 0.1) is 0 Å². The van der Waals surface area contributed by atoms with E-state index in [1.54, 1.807) is 18.2 Å². The highest BCUT2D eigenvalue weighted by atomic mass is 35.5. The number of amides is 2. The molecule has 1 aromatic carbocycles. The number of carbonyl (C=O) groups is 3. The van der Waals surface area contributed by atoms with Gasteiger partial charge in [-0.1, -0.05) is 11.6 Å². The second-order valence-corrected chi connectivity index (χ2v) is 7.14. The lowest BCUT2D eigenvalue weighted by Gasteiger charge is -2.34. The van der Waals surface area contributed by atoms with Gasteiger partial charge in [-0.3, -0.25) is 9.59 Å². The van der Waals surface area contributed by atoms with Gasteiger partial charge in [0.2, 0.25) is 11.8 Å². The number of thioether (sulfide) groups is 1. The number of hydrogen-bond acceptors (Lipinski definition) is 5. The van der Waals surface area contributed by atoms with Crippen LogP contribution in [0.2, 0.25) is 5.02 Å². The van der Waals surface area contributed by atoms with Gasteiger partial charge in [0.15, 0.2) is 6.04 Å². The standard InChI is InChI=1S/C15H15ClN2O5S/c16-8-1-2-11-9(5-8)17-14(20)12(24-11)6-13(19)18-3-4-23-7-10(18)15(21)22/h1-2,5,10,12H,3-4,6-7H2,(H,17,20)(H,21,22). The summed E-state index contributed by atoms with van der Waals surface area (Å²) in [7, 11) is 0. The lowest BCUT2D eigenvalue weighted by molar-refractivity contribution is -0.158. The van der Waals surface area contributed by atoms with Crippen molar-refractivity contribution in [2.45, 2.75) is 22.6 Å². The molecule has 0 spiro atoms. The van der Waals surface area contributed by atoms with Crippen molar-refractivity contribution in [3.8, 4) is 0 Å². The molecule has 0 bridgehead atoms. The summed E-state index contributed by atoms with van der Waals surface area (Å²) in [5.41, 5.74) is 0.621. The fourth-order valence-electron chi connectivity index (χ4n) is 2.64. The predicted molar refractivity (Wildman–Crippen MR) is 88.3 cm³/mol. The first kappa shape index (κ1) is 17.1. The molecule has 1 saturated heterocycles. The third kappa shape index (κ3) is 3.50. The molecule has 2 amide bonds. The molecule has 128 valence electrons. The van der Waals surface area contributed by atoms with E-state index in [4.69, 9.17) is 16.3 Å². The van der Waals surface area contributed by atoms with Gasteiger partial charge in [-0.2, -0.15) is 0 Å². The van der Waals surface area contributed by atoms with Crippen molar-refractivity contribution in [2.75, 3.05) is 25.1 Å². The summed E-state index contributed by atoms with van der Waals surface area (Å²) in [4.78, 5) is 38.1. The van der Waals surface area contributed by atoms with Crippen LogP contribution in [-0.4, -0.2) is 58.8 Å². The maximum Gasteiger partial charge on any atom is 0.328 e. The molecular weight excluding hydrogens is 356 g/mol. The number of rotatable bonds is 3. The van der Waals surface area contributed by atoms with Crippen LogP contribution in [0.15, 0.2) is 23.1 Å². The summed E-state index contributed by atoms with van der Waals surface area (Å²) in [5.74, 6) is -1.76. The van der Waals surface area contributed by atoms with Crippen molar-refractivity contribution in [3.05, 3.63) is 23.2 Å². The van der Waals surface area contributed by atoms with Gasteiger partial charge in [-0.15, -0.1) is 11.8 Å². The van der Waals surface area contributed by atoms with Crippen LogP contribution < -0.4 is 5.32 Å². The number of morpholine rings is 1. The minimum atomic E-state index is -1.11. The molecule has 9 heteroatoms. The van der Waals surface area contributed by atoms with Crippen molar-refractivity contribution in [2.24, 2.45) is 0 Å². The zero-order valence-electron chi connectivity index (χ0n) is 12.5. The zero-order chi connectivity index (χ0) is 17.3. The SMILES string of the molecule is O=C1Nc2cc(Cl)ccc2SC1CC(=O)N1CCOCC1C(=O)O. The molecule has 0 aliphatic carbocycles. The smallest absolute Gasteiger partial charge is 0.328 e. The molecule has 0 saturated carbocycles. The number of hydrogen-bond donors (Lipinski definition) is 2. The molecule has 1 fully saturated rings. The van der Waals surface area contributed by atoms with E-state index >= 15 is 0 Å². The summed E-state index contributed by atoms with van der Waals surface area (Å²) in [6.45, 7) is 0.467. The molecule has 0 aromatic heterocycles. The van der Waals surface area contributed by atoms with Crippen molar-refractivity contribution in [1.29, 1.82) is 0 Å². The highest BCUT2D eigenvalue weighted by Crippen LogP contribution is 2.38. The fraction of sp³-hybridized carbons (Fsp3) is 0.400. The largest absolute Gasteiger partial charge is 0.480 e. The Morgan fingerprint density at radius 3 is 3.00 bits per heavy atom. The molecule has 0 radical (unpaired) electrons. The quantitative estimate of drug-likeness (QED) is 0.836. The maximum atomic E-state index is 12.5. The average Bonchev–Trinajstić information content (AvgIpc) is 2.55. The summed E-state index contributed by atoms with van der Waals surface area (Å²) in [6, 6.07) is 4.15. The van der Waals surface area contributed by atoms with Gasteiger partial charge in [0.05, 0.1) is 24.2 Å². The number of carbonyl (C=O) groups excluding carboxylic acids is 2. The van der Waals surface area contributed by atoms with Crippen LogP contribution in [0.4, 0.5) is 5.69 Å². The number of nitrogens with one attached hydrogen (secondary N) is 1. The van der Waals surface area contributed by atoms with Crippen LogP contribution >= 0.6 is 23.4 Å². The molecule has 24 heavy (non-hydrogen) atoms. The fourth-order valence-corrected chi connectivity index (χ4v) is 3.89. The van der Waals surface area contributed by atoms with Gasteiger partial charge in [-0.05, 0) is 18.2 Å². The van der Waals surface area contributed by atoms with E-state index in [1.807, 2.05) is 0 Å². The number of carboxylic acids is 1. The maximum absolute atomic E-state index is 12.5. The van der Waals surface area contributed by atoms with Gasteiger partial charge in [0.1, 0.15) is 0 Å². The molecule has 1 aromatic rings. The second-order valence-electron chi connectivity index (χ2n) is 5.46. The Hall–Kier alpha value is -1.77. The molecular formula is C15H15ClN2O5S. The number of anilines is 1. The van der Waals surface area contributed by atoms with E-state index in [2.05, 4.69) is 5.32 Å². The Kier molecular flexibility index (Phi) is 4.98. The highest BCUT2D eigenvalue weighted by Gasteiger charge is 2.36. The molecule has 2 heterocycles. The molecule has 2 aliphatic rings. The van der Waals surface area contributed by atoms with Crippen molar-refractivity contribution < 1.29 is 24.2 Å².